The number of aromatic nitrogens is 2. The van der Waals surface area contributed by atoms with Crippen molar-refractivity contribution in [3.8, 4) is 0 Å². The predicted molar refractivity (Wildman–Crippen MR) is 73.6 cm³/mol. The fourth-order valence-corrected chi connectivity index (χ4v) is 2.53. The third-order valence-corrected chi connectivity index (χ3v) is 3.62. The van der Waals surface area contributed by atoms with Crippen molar-refractivity contribution in [2.45, 2.75) is 32.5 Å². The van der Waals surface area contributed by atoms with Gasteiger partial charge in [-0.15, -0.1) is 0 Å². The van der Waals surface area contributed by atoms with Crippen LogP contribution in [0.4, 0.5) is 0 Å². The Morgan fingerprint density at radius 1 is 1.40 bits per heavy atom. The van der Waals surface area contributed by atoms with Crippen molar-refractivity contribution >= 4 is 11.8 Å². The monoisotopic (exact) mass is 279 g/mol. The molecule has 0 aromatic carbocycles. The van der Waals surface area contributed by atoms with Crippen LogP contribution in [0.5, 0.6) is 0 Å². The number of carbonyl (C=O) groups excluding carboxylic acids is 2. The molecule has 2 amide bonds. The molecule has 2 rings (SSSR count). The summed E-state index contributed by atoms with van der Waals surface area (Å²) in [6.07, 6.45) is 3.38. The molecule has 0 aliphatic carbocycles. The molecule has 1 aromatic rings. The fourth-order valence-electron chi connectivity index (χ4n) is 2.53. The lowest BCUT2D eigenvalue weighted by atomic mass is 10.1. The van der Waals surface area contributed by atoms with Crippen molar-refractivity contribution < 1.29 is 9.59 Å². The van der Waals surface area contributed by atoms with Crippen LogP contribution in [0.1, 0.15) is 13.8 Å². The smallest absolute Gasteiger partial charge is 0.244 e. The Morgan fingerprint density at radius 3 is 2.70 bits per heavy atom. The van der Waals surface area contributed by atoms with Gasteiger partial charge in [-0.2, -0.15) is 5.10 Å². The van der Waals surface area contributed by atoms with Gasteiger partial charge in [-0.25, -0.2) is 0 Å². The van der Waals surface area contributed by atoms with Crippen LogP contribution in [0.25, 0.3) is 0 Å². The van der Waals surface area contributed by atoms with Gasteiger partial charge >= 0.3 is 0 Å². The standard InChI is InChI=1S/C13H21N5O2/c1-10(2)18-7-6-16(8-11(18)13(14)20)12(19)9-17-5-3-4-15-17/h3-5,10-11H,6-9H2,1-2H3,(H2,14,20). The summed E-state index contributed by atoms with van der Waals surface area (Å²) in [6, 6.07) is 1.59. The Labute approximate surface area is 118 Å². The average molecular weight is 279 g/mol. The largest absolute Gasteiger partial charge is 0.368 e. The van der Waals surface area contributed by atoms with Crippen LogP contribution in [0, 0.1) is 0 Å². The summed E-state index contributed by atoms with van der Waals surface area (Å²) >= 11 is 0. The average Bonchev–Trinajstić information content (AvgIpc) is 2.90. The van der Waals surface area contributed by atoms with Gasteiger partial charge in [0.1, 0.15) is 12.6 Å². The number of hydrogen-bond donors (Lipinski definition) is 1. The molecule has 1 aliphatic heterocycles. The number of nitrogens with zero attached hydrogens (tertiary/aromatic N) is 4. The van der Waals surface area contributed by atoms with Gasteiger partial charge in [-0.1, -0.05) is 0 Å². The predicted octanol–water partition coefficient (Wildman–Crippen LogP) is -0.710. The summed E-state index contributed by atoms with van der Waals surface area (Å²) in [5.41, 5.74) is 5.46. The topological polar surface area (TPSA) is 84.5 Å². The second kappa shape index (κ2) is 6.04. The minimum Gasteiger partial charge on any atom is -0.368 e. The molecule has 1 saturated heterocycles. The van der Waals surface area contributed by atoms with E-state index in [1.54, 1.807) is 28.0 Å². The van der Waals surface area contributed by atoms with Gasteiger partial charge in [0.25, 0.3) is 0 Å². The number of amides is 2. The second-order valence-corrected chi connectivity index (χ2v) is 5.29. The molecule has 2 heterocycles. The molecule has 1 atom stereocenters. The third kappa shape index (κ3) is 3.16. The van der Waals surface area contributed by atoms with Crippen LogP contribution in [-0.4, -0.2) is 63.1 Å². The highest BCUT2D eigenvalue weighted by atomic mass is 16.2. The van der Waals surface area contributed by atoms with Gasteiger partial charge in [0.05, 0.1) is 0 Å². The van der Waals surface area contributed by atoms with Crippen LogP contribution < -0.4 is 5.73 Å². The zero-order valence-electron chi connectivity index (χ0n) is 11.9. The molecule has 1 fully saturated rings. The first-order valence-electron chi connectivity index (χ1n) is 6.79. The number of piperazine rings is 1. The quantitative estimate of drug-likeness (QED) is 0.789. The molecule has 0 spiro atoms. The van der Waals surface area contributed by atoms with E-state index in [-0.39, 0.29) is 24.4 Å². The lowest BCUT2D eigenvalue weighted by Gasteiger charge is -2.42. The molecule has 1 unspecified atom stereocenters. The van der Waals surface area contributed by atoms with Crippen molar-refractivity contribution in [1.29, 1.82) is 0 Å². The van der Waals surface area contributed by atoms with Crippen molar-refractivity contribution in [2.75, 3.05) is 19.6 Å². The van der Waals surface area contributed by atoms with Crippen molar-refractivity contribution in [1.82, 2.24) is 19.6 Å². The van der Waals surface area contributed by atoms with Crippen molar-refractivity contribution in [3.05, 3.63) is 18.5 Å². The van der Waals surface area contributed by atoms with E-state index in [0.29, 0.717) is 19.6 Å². The molecule has 2 N–H and O–H groups in total. The highest BCUT2D eigenvalue weighted by molar-refractivity contribution is 5.82. The Morgan fingerprint density at radius 2 is 2.15 bits per heavy atom. The van der Waals surface area contributed by atoms with Gasteiger partial charge < -0.3 is 10.6 Å². The molecule has 110 valence electrons. The van der Waals surface area contributed by atoms with E-state index in [2.05, 4.69) is 5.10 Å². The van der Waals surface area contributed by atoms with Crippen molar-refractivity contribution in [3.63, 3.8) is 0 Å². The Balaban J connectivity index is 2.01. The first-order valence-corrected chi connectivity index (χ1v) is 6.79. The highest BCUT2D eigenvalue weighted by Crippen LogP contribution is 2.13. The third-order valence-electron chi connectivity index (χ3n) is 3.62. The van der Waals surface area contributed by atoms with Gasteiger partial charge in [0, 0.05) is 38.1 Å². The summed E-state index contributed by atoms with van der Waals surface area (Å²) < 4.78 is 1.58. The lowest BCUT2D eigenvalue weighted by Crippen LogP contribution is -2.61. The van der Waals surface area contributed by atoms with E-state index in [1.807, 2.05) is 18.7 Å². The Bertz CT molecular complexity index is 471. The van der Waals surface area contributed by atoms with E-state index < -0.39 is 6.04 Å². The van der Waals surface area contributed by atoms with Crippen LogP contribution >= 0.6 is 0 Å². The lowest BCUT2D eigenvalue weighted by molar-refractivity contribution is -0.138. The van der Waals surface area contributed by atoms with Gasteiger partial charge in [0.15, 0.2) is 0 Å². The molecule has 7 heteroatoms. The molecule has 0 radical (unpaired) electrons. The van der Waals surface area contributed by atoms with E-state index >= 15 is 0 Å². The summed E-state index contributed by atoms with van der Waals surface area (Å²) in [5, 5.41) is 4.02. The Hall–Kier alpha value is -1.89. The van der Waals surface area contributed by atoms with E-state index in [1.165, 1.54) is 0 Å². The number of rotatable bonds is 4. The Kier molecular flexibility index (Phi) is 4.39. The first kappa shape index (κ1) is 14.5. The summed E-state index contributed by atoms with van der Waals surface area (Å²) in [6.45, 7) is 5.88. The minimum atomic E-state index is -0.412. The number of carbonyl (C=O) groups is 2. The minimum absolute atomic E-state index is 0.0386. The molecule has 1 aromatic heterocycles. The van der Waals surface area contributed by atoms with Gasteiger partial charge in [-0.3, -0.25) is 19.2 Å². The second-order valence-electron chi connectivity index (χ2n) is 5.29. The van der Waals surface area contributed by atoms with Gasteiger partial charge in [-0.05, 0) is 19.9 Å². The van der Waals surface area contributed by atoms with E-state index in [0.717, 1.165) is 0 Å². The normalized spacial score (nSPS) is 20.4. The maximum absolute atomic E-state index is 12.2. The number of hydrogen-bond acceptors (Lipinski definition) is 4. The molecule has 1 aliphatic rings. The molecule has 7 nitrogen and oxygen atoms in total. The summed E-state index contributed by atoms with van der Waals surface area (Å²) in [7, 11) is 0. The molecule has 0 saturated carbocycles. The van der Waals surface area contributed by atoms with Crippen molar-refractivity contribution in [2.24, 2.45) is 5.73 Å². The fraction of sp³-hybridized carbons (Fsp3) is 0.615. The maximum atomic E-state index is 12.2. The van der Waals surface area contributed by atoms with Crippen LogP contribution in [0.2, 0.25) is 0 Å². The summed E-state index contributed by atoms with van der Waals surface area (Å²) in [4.78, 5) is 27.5. The van der Waals surface area contributed by atoms with Crippen LogP contribution in [-0.2, 0) is 16.1 Å². The molecular formula is C13H21N5O2. The summed E-state index contributed by atoms with van der Waals surface area (Å²) in [5.74, 6) is -0.418. The molecule has 20 heavy (non-hydrogen) atoms. The van der Waals surface area contributed by atoms with Gasteiger partial charge in [0.2, 0.25) is 11.8 Å². The molecular weight excluding hydrogens is 258 g/mol. The number of nitrogens with two attached hydrogens (primary N) is 1. The van der Waals surface area contributed by atoms with E-state index in [9.17, 15) is 9.59 Å². The highest BCUT2D eigenvalue weighted by Gasteiger charge is 2.34. The number of primary amides is 1. The first-order chi connectivity index (χ1) is 9.49. The SMILES string of the molecule is CC(C)N1CCN(C(=O)Cn2cccn2)CC1C(N)=O. The van der Waals surface area contributed by atoms with E-state index in [4.69, 9.17) is 5.73 Å². The van der Waals surface area contributed by atoms with Crippen LogP contribution in [0.15, 0.2) is 18.5 Å². The van der Waals surface area contributed by atoms with Crippen LogP contribution in [0.3, 0.4) is 0 Å². The molecule has 0 bridgehead atoms. The zero-order chi connectivity index (χ0) is 14.7. The maximum Gasteiger partial charge on any atom is 0.244 e. The zero-order valence-corrected chi connectivity index (χ0v) is 11.9.